The van der Waals surface area contributed by atoms with E-state index in [9.17, 15) is 25.2 Å². The van der Waals surface area contributed by atoms with Crippen LogP contribution in [0.2, 0.25) is 0 Å². The molecule has 6 nitrogen and oxygen atoms in total. The Morgan fingerprint density at radius 1 is 1.12 bits per heavy atom. The minimum absolute atomic E-state index is 0.00671. The summed E-state index contributed by atoms with van der Waals surface area (Å²) in [5, 5.41) is 42.1. The Hall–Kier alpha value is -3.41. The third-order valence-electron chi connectivity index (χ3n) is 4.08. The average molecular weight is 353 g/mol. The van der Waals surface area contributed by atoms with E-state index in [-0.39, 0.29) is 45.6 Å². The molecule has 0 fully saturated rings. The largest absolute Gasteiger partial charge is 0.872 e. The molecule has 0 spiro atoms. The number of benzene rings is 2. The second-order valence-corrected chi connectivity index (χ2v) is 6.24. The fourth-order valence-corrected chi connectivity index (χ4v) is 2.74. The van der Waals surface area contributed by atoms with Gasteiger partial charge in [-0.25, -0.2) is 0 Å². The summed E-state index contributed by atoms with van der Waals surface area (Å²) in [7, 11) is 0. The van der Waals surface area contributed by atoms with Crippen LogP contribution in [0.15, 0.2) is 51.4 Å². The lowest BCUT2D eigenvalue weighted by Gasteiger charge is -2.19. The molecule has 0 aliphatic heterocycles. The fraction of sp³-hybridized carbons (Fsp3) is 0.150. The van der Waals surface area contributed by atoms with Gasteiger partial charge in [0, 0.05) is 12.1 Å². The molecule has 0 radical (unpaired) electrons. The molecule has 0 aliphatic carbocycles. The molecule has 1 aromatic heterocycles. The molecule has 1 heterocycles. The molecule has 0 amide bonds. The minimum atomic E-state index is -0.597. The van der Waals surface area contributed by atoms with Crippen molar-refractivity contribution in [2.24, 2.45) is 0 Å². The van der Waals surface area contributed by atoms with Crippen molar-refractivity contribution in [3.63, 3.8) is 0 Å². The molecular weight excluding hydrogens is 336 g/mol. The SMILES string of the molecule is CC(C)=CCc1c(O)ccc(-c2coc3cc(O)cc(O)c3c2=O)c1[O-]. The summed E-state index contributed by atoms with van der Waals surface area (Å²) in [4.78, 5) is 12.8. The Balaban J connectivity index is 2.25. The maximum Gasteiger partial charge on any atom is 0.204 e. The molecule has 2 aromatic carbocycles. The van der Waals surface area contributed by atoms with Crippen molar-refractivity contribution >= 4 is 11.0 Å². The zero-order chi connectivity index (χ0) is 19.0. The van der Waals surface area contributed by atoms with Crippen molar-refractivity contribution in [3.8, 4) is 34.1 Å². The topological polar surface area (TPSA) is 114 Å². The minimum Gasteiger partial charge on any atom is -0.872 e. The smallest absolute Gasteiger partial charge is 0.204 e. The Morgan fingerprint density at radius 2 is 1.85 bits per heavy atom. The van der Waals surface area contributed by atoms with Crippen LogP contribution in [0.5, 0.6) is 23.0 Å². The van der Waals surface area contributed by atoms with E-state index in [1.54, 1.807) is 6.08 Å². The van der Waals surface area contributed by atoms with Crippen LogP contribution in [0.1, 0.15) is 19.4 Å². The van der Waals surface area contributed by atoms with Crippen LogP contribution >= 0.6 is 0 Å². The molecule has 3 N–H and O–H groups in total. The number of rotatable bonds is 3. The van der Waals surface area contributed by atoms with E-state index in [1.165, 1.54) is 18.2 Å². The van der Waals surface area contributed by atoms with Gasteiger partial charge in [-0.15, -0.1) is 0 Å². The number of hydrogen-bond donors (Lipinski definition) is 3. The Morgan fingerprint density at radius 3 is 2.54 bits per heavy atom. The number of phenols is 3. The third kappa shape index (κ3) is 2.97. The highest BCUT2D eigenvalue weighted by Gasteiger charge is 2.16. The molecule has 0 saturated heterocycles. The lowest BCUT2D eigenvalue weighted by molar-refractivity contribution is -0.268. The predicted octanol–water partition coefficient (Wildman–Crippen LogP) is 3.16. The Kier molecular flexibility index (Phi) is 4.34. The lowest BCUT2D eigenvalue weighted by atomic mass is 9.98. The first-order chi connectivity index (χ1) is 12.3. The van der Waals surface area contributed by atoms with Gasteiger partial charge in [-0.1, -0.05) is 23.5 Å². The van der Waals surface area contributed by atoms with Gasteiger partial charge in [-0.05, 0) is 37.5 Å². The highest BCUT2D eigenvalue weighted by Crippen LogP contribution is 2.36. The standard InChI is InChI=1S/C20H18O6/c1-10(2)3-4-13-15(22)6-5-12(19(13)24)14-9-26-17-8-11(21)7-16(23)18(17)20(14)25/h3,5-9,21-24H,4H2,1-2H3/p-1. The van der Waals surface area contributed by atoms with Crippen molar-refractivity contribution in [3.05, 3.63) is 58.0 Å². The van der Waals surface area contributed by atoms with Crippen LogP contribution in [-0.4, -0.2) is 15.3 Å². The van der Waals surface area contributed by atoms with Gasteiger partial charge >= 0.3 is 0 Å². The first kappa shape index (κ1) is 17.4. The van der Waals surface area contributed by atoms with Gasteiger partial charge in [0.25, 0.3) is 0 Å². The number of phenolic OH excluding ortho intramolecular Hbond substituents is 3. The molecular formula is C20H17O6-. The molecule has 6 heteroatoms. The summed E-state index contributed by atoms with van der Waals surface area (Å²) in [6, 6.07) is 4.93. The number of allylic oxidation sites excluding steroid dienone is 2. The maximum atomic E-state index is 12.8. The number of aromatic hydroxyl groups is 3. The predicted molar refractivity (Wildman–Crippen MR) is 95.5 cm³/mol. The molecule has 0 bridgehead atoms. The van der Waals surface area contributed by atoms with Crippen molar-refractivity contribution in [1.29, 1.82) is 0 Å². The van der Waals surface area contributed by atoms with Crippen LogP contribution < -0.4 is 10.5 Å². The van der Waals surface area contributed by atoms with Gasteiger partial charge in [0.2, 0.25) is 5.43 Å². The molecule has 134 valence electrons. The van der Waals surface area contributed by atoms with Crippen molar-refractivity contribution in [2.45, 2.75) is 20.3 Å². The molecule has 0 atom stereocenters. The molecule has 0 aliphatic rings. The first-order valence-corrected chi connectivity index (χ1v) is 7.92. The Labute approximate surface area is 148 Å². The van der Waals surface area contributed by atoms with Crippen LogP contribution in [0.4, 0.5) is 0 Å². The second-order valence-electron chi connectivity index (χ2n) is 6.24. The summed E-state index contributed by atoms with van der Waals surface area (Å²) < 4.78 is 5.33. The van der Waals surface area contributed by atoms with E-state index in [2.05, 4.69) is 0 Å². The molecule has 0 saturated carbocycles. The molecule has 3 rings (SSSR count). The quantitative estimate of drug-likeness (QED) is 0.623. The number of fused-ring (bicyclic) bond motifs is 1. The lowest BCUT2D eigenvalue weighted by Crippen LogP contribution is -2.08. The van der Waals surface area contributed by atoms with Crippen molar-refractivity contribution < 1.29 is 24.8 Å². The zero-order valence-electron chi connectivity index (χ0n) is 14.2. The van der Waals surface area contributed by atoms with Crippen LogP contribution in [0, 0.1) is 0 Å². The van der Waals surface area contributed by atoms with E-state index < -0.39 is 16.9 Å². The summed E-state index contributed by atoms with van der Waals surface area (Å²) in [6.07, 6.45) is 3.15. The van der Waals surface area contributed by atoms with Gasteiger partial charge in [0.1, 0.15) is 34.5 Å². The summed E-state index contributed by atoms with van der Waals surface area (Å²) in [6.45, 7) is 3.75. The fourth-order valence-electron chi connectivity index (χ4n) is 2.74. The molecule has 3 aromatic rings. The zero-order valence-corrected chi connectivity index (χ0v) is 14.2. The van der Waals surface area contributed by atoms with Crippen LogP contribution in [0.25, 0.3) is 22.1 Å². The van der Waals surface area contributed by atoms with Gasteiger partial charge < -0.3 is 24.8 Å². The van der Waals surface area contributed by atoms with E-state index in [0.717, 1.165) is 17.9 Å². The molecule has 26 heavy (non-hydrogen) atoms. The van der Waals surface area contributed by atoms with E-state index in [1.807, 2.05) is 13.8 Å². The normalized spacial score (nSPS) is 10.8. The molecule has 0 unspecified atom stereocenters. The van der Waals surface area contributed by atoms with Gasteiger partial charge in [0.15, 0.2) is 0 Å². The van der Waals surface area contributed by atoms with E-state index in [0.29, 0.717) is 0 Å². The number of hydrogen-bond acceptors (Lipinski definition) is 6. The Bertz CT molecular complexity index is 1090. The summed E-state index contributed by atoms with van der Waals surface area (Å²) in [5.74, 6) is -1.31. The summed E-state index contributed by atoms with van der Waals surface area (Å²) in [5.41, 5.74) is 0.624. The van der Waals surface area contributed by atoms with Crippen LogP contribution in [-0.2, 0) is 6.42 Å². The van der Waals surface area contributed by atoms with Crippen molar-refractivity contribution in [1.82, 2.24) is 0 Å². The maximum absolute atomic E-state index is 12.8. The van der Waals surface area contributed by atoms with Gasteiger partial charge in [-0.3, -0.25) is 4.79 Å². The van der Waals surface area contributed by atoms with E-state index >= 15 is 0 Å². The highest BCUT2D eigenvalue weighted by atomic mass is 16.3. The van der Waals surface area contributed by atoms with Gasteiger partial charge in [-0.2, -0.15) is 0 Å². The van der Waals surface area contributed by atoms with E-state index in [4.69, 9.17) is 4.42 Å². The second kappa shape index (κ2) is 6.48. The van der Waals surface area contributed by atoms with Crippen LogP contribution in [0.3, 0.4) is 0 Å². The first-order valence-electron chi connectivity index (χ1n) is 7.92. The monoisotopic (exact) mass is 353 g/mol. The van der Waals surface area contributed by atoms with Gasteiger partial charge in [0.05, 0.1) is 5.56 Å². The average Bonchev–Trinajstić information content (AvgIpc) is 2.55. The van der Waals surface area contributed by atoms with Crippen molar-refractivity contribution in [2.75, 3.05) is 0 Å². The summed E-state index contributed by atoms with van der Waals surface area (Å²) >= 11 is 0. The third-order valence-corrected chi connectivity index (χ3v) is 4.08. The highest BCUT2D eigenvalue weighted by molar-refractivity contribution is 5.89.